The normalized spacial score (nSPS) is 19.2. The minimum absolute atomic E-state index is 0.000690. The van der Waals surface area contributed by atoms with Crippen molar-refractivity contribution in [2.75, 3.05) is 24.6 Å². The first-order valence-electron chi connectivity index (χ1n) is 6.28. The van der Waals surface area contributed by atoms with Crippen molar-refractivity contribution in [2.45, 2.75) is 11.3 Å². The fraction of sp³-hybridized carbons (Fsp3) is 0.417. The first-order chi connectivity index (χ1) is 9.71. The average molecular weight is 348 g/mol. The molecule has 9 heteroatoms. The molecular weight excluding hydrogens is 332 g/mol. The highest BCUT2D eigenvalue weighted by atomic mass is 32.2. The molecule has 0 spiro atoms. The fourth-order valence-corrected chi connectivity index (χ4v) is 5.11. The lowest BCUT2D eigenvalue weighted by Crippen LogP contribution is -2.43. The quantitative estimate of drug-likeness (QED) is 0.765. The van der Waals surface area contributed by atoms with Gasteiger partial charge in [0.15, 0.2) is 9.84 Å². The van der Waals surface area contributed by atoms with Gasteiger partial charge in [0, 0.05) is 19.5 Å². The van der Waals surface area contributed by atoms with Gasteiger partial charge in [0.25, 0.3) is 0 Å². The van der Waals surface area contributed by atoms with Crippen molar-refractivity contribution in [3.8, 4) is 0 Å². The van der Waals surface area contributed by atoms with E-state index in [2.05, 4.69) is 0 Å². The molecule has 0 aromatic heterocycles. The molecule has 21 heavy (non-hydrogen) atoms. The van der Waals surface area contributed by atoms with Crippen LogP contribution in [0.5, 0.6) is 0 Å². The van der Waals surface area contributed by atoms with Crippen molar-refractivity contribution in [2.24, 2.45) is 5.73 Å². The molecule has 0 amide bonds. The monoisotopic (exact) mass is 348 g/mol. The fourth-order valence-electron chi connectivity index (χ4n) is 2.07. The van der Waals surface area contributed by atoms with Crippen LogP contribution in [-0.2, 0) is 26.3 Å². The molecule has 0 unspecified atom stereocenters. The molecule has 0 radical (unpaired) electrons. The Balaban J connectivity index is 2.18. The summed E-state index contributed by atoms with van der Waals surface area (Å²) in [5.41, 5.74) is 6.27. The second kappa shape index (κ2) is 5.99. The van der Waals surface area contributed by atoms with E-state index in [4.69, 9.17) is 18.0 Å². The summed E-state index contributed by atoms with van der Waals surface area (Å²) in [6, 6.07) is 6.30. The molecule has 0 atom stereocenters. The van der Waals surface area contributed by atoms with E-state index in [1.54, 1.807) is 12.1 Å². The Morgan fingerprint density at radius 1 is 1.19 bits per heavy atom. The van der Waals surface area contributed by atoms with E-state index in [0.717, 1.165) is 5.56 Å². The molecule has 1 aliphatic rings. The lowest BCUT2D eigenvalue weighted by atomic mass is 10.1. The molecule has 0 aliphatic carbocycles. The van der Waals surface area contributed by atoms with E-state index in [-0.39, 0.29) is 29.5 Å². The van der Waals surface area contributed by atoms with Crippen LogP contribution in [-0.4, -0.2) is 50.7 Å². The third-order valence-electron chi connectivity index (χ3n) is 3.24. The van der Waals surface area contributed by atoms with Crippen LogP contribution in [0.25, 0.3) is 0 Å². The molecule has 0 saturated carbocycles. The Morgan fingerprint density at radius 3 is 2.19 bits per heavy atom. The van der Waals surface area contributed by atoms with Crippen LogP contribution in [0.2, 0.25) is 0 Å². The highest BCUT2D eigenvalue weighted by Crippen LogP contribution is 2.19. The summed E-state index contributed by atoms with van der Waals surface area (Å²) < 4.78 is 48.8. The Morgan fingerprint density at radius 2 is 1.71 bits per heavy atom. The van der Waals surface area contributed by atoms with E-state index >= 15 is 0 Å². The van der Waals surface area contributed by atoms with Gasteiger partial charge in [-0.1, -0.05) is 24.4 Å². The number of nitrogens with zero attached hydrogens (tertiary/aromatic N) is 1. The van der Waals surface area contributed by atoms with Gasteiger partial charge in [-0.25, -0.2) is 16.8 Å². The second-order valence-corrected chi connectivity index (χ2v) is 9.61. The molecule has 1 heterocycles. The number of benzene rings is 1. The van der Waals surface area contributed by atoms with Crippen molar-refractivity contribution in [3.05, 3.63) is 29.8 Å². The maximum atomic E-state index is 12.4. The van der Waals surface area contributed by atoms with Crippen molar-refractivity contribution in [1.29, 1.82) is 0 Å². The standard InChI is InChI=1S/C12H16N2O4S3/c13-12(19)9-10-1-3-11(4-2-10)21(17,18)14-5-7-20(15,16)8-6-14/h1-4H,5-9H2,(H2,13,19). The molecule has 2 N–H and O–H groups in total. The lowest BCUT2D eigenvalue weighted by Gasteiger charge is -2.26. The highest BCUT2D eigenvalue weighted by molar-refractivity contribution is 7.92. The molecule has 2 rings (SSSR count). The molecule has 116 valence electrons. The summed E-state index contributed by atoms with van der Waals surface area (Å²) in [6.07, 6.45) is 0.414. The number of thiocarbonyl (C=S) groups is 1. The summed E-state index contributed by atoms with van der Waals surface area (Å²) in [5.74, 6) is -0.266. The Labute approximate surface area is 129 Å². The van der Waals surface area contributed by atoms with E-state index in [1.807, 2.05) is 0 Å². The zero-order chi connectivity index (χ0) is 15.7. The SMILES string of the molecule is NC(=S)Cc1ccc(S(=O)(=O)N2CCS(=O)(=O)CC2)cc1. The van der Waals surface area contributed by atoms with E-state index in [1.165, 1.54) is 16.4 Å². The Bertz CT molecular complexity index is 725. The maximum Gasteiger partial charge on any atom is 0.243 e. The van der Waals surface area contributed by atoms with Crippen molar-refractivity contribution < 1.29 is 16.8 Å². The molecular formula is C12H16N2O4S3. The van der Waals surface area contributed by atoms with Crippen LogP contribution in [0.3, 0.4) is 0 Å². The van der Waals surface area contributed by atoms with Gasteiger partial charge < -0.3 is 5.73 Å². The first-order valence-corrected chi connectivity index (χ1v) is 9.95. The number of hydrogen-bond acceptors (Lipinski definition) is 5. The molecule has 1 aliphatic heterocycles. The Hall–Kier alpha value is -1.03. The summed E-state index contributed by atoms with van der Waals surface area (Å²) in [4.78, 5) is 0.486. The van der Waals surface area contributed by atoms with E-state index < -0.39 is 19.9 Å². The van der Waals surface area contributed by atoms with Gasteiger partial charge in [-0.15, -0.1) is 0 Å². The summed E-state index contributed by atoms with van der Waals surface area (Å²) >= 11 is 4.80. The molecule has 1 fully saturated rings. The van der Waals surface area contributed by atoms with Crippen LogP contribution in [0.15, 0.2) is 29.2 Å². The highest BCUT2D eigenvalue weighted by Gasteiger charge is 2.30. The first kappa shape index (κ1) is 16.3. The number of nitrogens with two attached hydrogens (primary N) is 1. The van der Waals surface area contributed by atoms with Crippen LogP contribution < -0.4 is 5.73 Å². The third kappa shape index (κ3) is 4.00. The minimum atomic E-state index is -3.65. The van der Waals surface area contributed by atoms with Gasteiger partial charge in [-0.05, 0) is 17.7 Å². The third-order valence-corrected chi connectivity index (χ3v) is 6.91. The minimum Gasteiger partial charge on any atom is -0.393 e. The van der Waals surface area contributed by atoms with Gasteiger partial charge in [-0.2, -0.15) is 4.31 Å². The zero-order valence-electron chi connectivity index (χ0n) is 11.2. The van der Waals surface area contributed by atoms with Gasteiger partial charge in [-0.3, -0.25) is 0 Å². The number of hydrogen-bond donors (Lipinski definition) is 1. The summed E-state index contributed by atoms with van der Waals surface area (Å²) in [7, 11) is -6.77. The van der Waals surface area contributed by atoms with Gasteiger partial charge in [0.2, 0.25) is 10.0 Å². The number of rotatable bonds is 4. The predicted molar refractivity (Wildman–Crippen MR) is 84.3 cm³/mol. The smallest absolute Gasteiger partial charge is 0.243 e. The predicted octanol–water partition coefficient (Wildman–Crippen LogP) is -0.0657. The number of sulfonamides is 1. The lowest BCUT2D eigenvalue weighted by molar-refractivity contribution is 0.431. The van der Waals surface area contributed by atoms with Crippen LogP contribution in [0, 0.1) is 0 Å². The zero-order valence-corrected chi connectivity index (χ0v) is 13.7. The Kier molecular flexibility index (Phi) is 4.66. The number of sulfone groups is 1. The van der Waals surface area contributed by atoms with Crippen molar-refractivity contribution in [3.63, 3.8) is 0 Å². The largest absolute Gasteiger partial charge is 0.393 e. The summed E-state index contributed by atoms with van der Waals surface area (Å²) in [6.45, 7) is -0.00138. The van der Waals surface area contributed by atoms with E-state index in [9.17, 15) is 16.8 Å². The second-order valence-electron chi connectivity index (χ2n) is 4.84. The van der Waals surface area contributed by atoms with Crippen LogP contribution in [0.1, 0.15) is 5.56 Å². The van der Waals surface area contributed by atoms with Gasteiger partial charge in [0.05, 0.1) is 21.4 Å². The van der Waals surface area contributed by atoms with E-state index in [0.29, 0.717) is 11.4 Å². The van der Waals surface area contributed by atoms with Gasteiger partial charge >= 0.3 is 0 Å². The molecule has 1 aromatic rings. The molecule has 1 saturated heterocycles. The van der Waals surface area contributed by atoms with Crippen molar-refractivity contribution in [1.82, 2.24) is 4.31 Å². The molecule has 1 aromatic carbocycles. The summed E-state index contributed by atoms with van der Waals surface area (Å²) in [5, 5.41) is 0. The van der Waals surface area contributed by atoms with Gasteiger partial charge in [0.1, 0.15) is 0 Å². The van der Waals surface area contributed by atoms with Crippen molar-refractivity contribution >= 4 is 37.1 Å². The van der Waals surface area contributed by atoms with Crippen LogP contribution in [0.4, 0.5) is 0 Å². The molecule has 0 bridgehead atoms. The topological polar surface area (TPSA) is 97.5 Å². The maximum absolute atomic E-state index is 12.4. The van der Waals surface area contributed by atoms with Crippen LogP contribution >= 0.6 is 12.2 Å². The average Bonchev–Trinajstić information content (AvgIpc) is 2.38. The molecule has 6 nitrogen and oxygen atoms in total.